The summed E-state index contributed by atoms with van der Waals surface area (Å²) in [5, 5.41) is 12.8. The molecule has 0 bridgehead atoms. The number of anilines is 2. The third kappa shape index (κ3) is 5.16. The van der Waals surface area contributed by atoms with Crippen molar-refractivity contribution in [2.45, 2.75) is 49.5 Å². The van der Waals surface area contributed by atoms with Gasteiger partial charge >= 0.3 is 0 Å². The molecule has 5 rings (SSSR count). The first-order valence-corrected chi connectivity index (χ1v) is 13.5. The minimum absolute atomic E-state index is 0.100. The number of nitriles is 1. The lowest BCUT2D eigenvalue weighted by Crippen LogP contribution is -2.45. The molecule has 6 heteroatoms. The molecule has 3 aliphatic rings. The van der Waals surface area contributed by atoms with Crippen LogP contribution in [-0.2, 0) is 4.79 Å². The number of amides is 1. The molecule has 1 amide bonds. The van der Waals surface area contributed by atoms with Gasteiger partial charge in [-0.25, -0.2) is 0 Å². The largest absolute Gasteiger partial charge is 0.370 e. The predicted molar refractivity (Wildman–Crippen MR) is 140 cm³/mol. The van der Waals surface area contributed by atoms with Crippen LogP contribution < -0.4 is 10.2 Å². The van der Waals surface area contributed by atoms with E-state index in [-0.39, 0.29) is 5.91 Å². The molecule has 2 aromatic rings. The fourth-order valence-electron chi connectivity index (χ4n) is 5.37. The maximum atomic E-state index is 12.9. The summed E-state index contributed by atoms with van der Waals surface area (Å²) in [6, 6.07) is 16.9. The Labute approximate surface area is 206 Å². The van der Waals surface area contributed by atoms with Gasteiger partial charge in [0, 0.05) is 41.0 Å². The summed E-state index contributed by atoms with van der Waals surface area (Å²) in [5.74, 6) is 0.551. The van der Waals surface area contributed by atoms with Crippen molar-refractivity contribution in [3.05, 3.63) is 59.2 Å². The van der Waals surface area contributed by atoms with E-state index in [4.69, 9.17) is 0 Å². The molecule has 0 radical (unpaired) electrons. The summed E-state index contributed by atoms with van der Waals surface area (Å²) >= 11 is 1.68. The standard InChI is InChI=1S/C28H32N4OS/c29-19-22-18-24(30-28(33)23-17-21-7-3-4-8-27(21)34-20-23)9-10-26(22)32-15-11-25(12-16-32)31-13-5-1-2-6-14-31/h3-4,7-10,17-18,25H,1-2,5-6,11-16,20H2,(H,30,33). The van der Waals surface area contributed by atoms with Crippen LogP contribution in [0.4, 0.5) is 11.4 Å². The average molecular weight is 473 g/mol. The number of piperidine rings is 1. The Morgan fingerprint density at radius 2 is 1.76 bits per heavy atom. The van der Waals surface area contributed by atoms with Crippen molar-refractivity contribution in [1.29, 1.82) is 5.26 Å². The zero-order chi connectivity index (χ0) is 23.3. The molecule has 0 saturated carbocycles. The smallest absolute Gasteiger partial charge is 0.252 e. The zero-order valence-corrected chi connectivity index (χ0v) is 20.4. The Balaban J connectivity index is 1.23. The second kappa shape index (κ2) is 10.7. The highest BCUT2D eigenvalue weighted by Crippen LogP contribution is 2.33. The molecule has 34 heavy (non-hydrogen) atoms. The van der Waals surface area contributed by atoms with Crippen LogP contribution in [0, 0.1) is 11.3 Å². The molecule has 5 nitrogen and oxygen atoms in total. The van der Waals surface area contributed by atoms with Gasteiger partial charge in [0.15, 0.2) is 0 Å². The first-order chi connectivity index (χ1) is 16.7. The van der Waals surface area contributed by atoms with Crippen molar-refractivity contribution >= 4 is 35.1 Å². The third-order valence-electron chi connectivity index (χ3n) is 7.26. The van der Waals surface area contributed by atoms with Gasteiger partial charge in [-0.15, -0.1) is 11.8 Å². The number of likely N-dealkylation sites (tertiary alicyclic amines) is 1. The van der Waals surface area contributed by atoms with E-state index in [1.165, 1.54) is 43.7 Å². The number of carbonyl (C=O) groups is 1. The topological polar surface area (TPSA) is 59.4 Å². The number of benzene rings is 2. The third-order valence-corrected chi connectivity index (χ3v) is 8.40. The number of rotatable bonds is 4. The quantitative estimate of drug-likeness (QED) is 0.634. The summed E-state index contributed by atoms with van der Waals surface area (Å²) in [6.45, 7) is 4.43. The number of fused-ring (bicyclic) bond motifs is 1. The van der Waals surface area contributed by atoms with Crippen LogP contribution in [-0.4, -0.2) is 48.8 Å². The normalized spacial score (nSPS) is 19.5. The van der Waals surface area contributed by atoms with Gasteiger partial charge in [-0.1, -0.05) is 31.0 Å². The minimum atomic E-state index is -0.100. The van der Waals surface area contributed by atoms with Gasteiger partial charge in [0.05, 0.1) is 11.3 Å². The molecule has 1 N–H and O–H groups in total. The first-order valence-electron chi connectivity index (χ1n) is 12.5. The van der Waals surface area contributed by atoms with Crippen LogP contribution in [0.3, 0.4) is 0 Å². The van der Waals surface area contributed by atoms with Gasteiger partial charge < -0.3 is 15.1 Å². The lowest BCUT2D eigenvalue weighted by atomic mass is 10.0. The summed E-state index contributed by atoms with van der Waals surface area (Å²) in [4.78, 5) is 19.1. The van der Waals surface area contributed by atoms with E-state index in [2.05, 4.69) is 27.3 Å². The fraction of sp³-hybridized carbons (Fsp3) is 0.429. The second-order valence-corrected chi connectivity index (χ2v) is 10.5. The SMILES string of the molecule is N#Cc1cc(NC(=O)C2=Cc3ccccc3SC2)ccc1N1CCC(N2CCCCCC2)CC1. The second-order valence-electron chi connectivity index (χ2n) is 9.46. The Bertz CT molecular complexity index is 1110. The number of nitrogens with zero attached hydrogens (tertiary/aromatic N) is 3. The van der Waals surface area contributed by atoms with E-state index in [0.717, 1.165) is 42.8 Å². The van der Waals surface area contributed by atoms with Crippen molar-refractivity contribution in [1.82, 2.24) is 4.90 Å². The highest BCUT2D eigenvalue weighted by Gasteiger charge is 2.26. The lowest BCUT2D eigenvalue weighted by molar-refractivity contribution is -0.112. The van der Waals surface area contributed by atoms with Gasteiger partial charge in [-0.3, -0.25) is 4.79 Å². The number of carbonyl (C=O) groups excluding carboxylic acids is 1. The molecule has 2 aromatic carbocycles. The molecule has 0 aliphatic carbocycles. The van der Waals surface area contributed by atoms with Gasteiger partial charge in [0.25, 0.3) is 5.91 Å². The molecule has 0 atom stereocenters. The Kier molecular flexibility index (Phi) is 7.22. The summed E-state index contributed by atoms with van der Waals surface area (Å²) in [5.41, 5.74) is 4.12. The molecule has 0 unspecified atom stereocenters. The fourth-order valence-corrected chi connectivity index (χ4v) is 6.36. The highest BCUT2D eigenvalue weighted by atomic mass is 32.2. The molecule has 3 heterocycles. The van der Waals surface area contributed by atoms with Crippen molar-refractivity contribution < 1.29 is 4.79 Å². The first kappa shape index (κ1) is 23.0. The minimum Gasteiger partial charge on any atom is -0.370 e. The molecule has 176 valence electrons. The lowest BCUT2D eigenvalue weighted by Gasteiger charge is -2.39. The van der Waals surface area contributed by atoms with Crippen LogP contribution in [0.2, 0.25) is 0 Å². The summed E-state index contributed by atoms with van der Waals surface area (Å²) in [6.07, 6.45) is 9.66. The van der Waals surface area contributed by atoms with E-state index in [0.29, 0.717) is 23.0 Å². The molecular weight excluding hydrogens is 440 g/mol. The van der Waals surface area contributed by atoms with E-state index in [1.54, 1.807) is 11.8 Å². The predicted octanol–water partition coefficient (Wildman–Crippen LogP) is 5.53. The molecule has 0 aromatic heterocycles. The highest BCUT2D eigenvalue weighted by molar-refractivity contribution is 7.99. The van der Waals surface area contributed by atoms with Crippen LogP contribution in [0.1, 0.15) is 49.7 Å². The van der Waals surface area contributed by atoms with Gasteiger partial charge in [0.2, 0.25) is 0 Å². The summed E-state index contributed by atoms with van der Waals surface area (Å²) < 4.78 is 0. The van der Waals surface area contributed by atoms with Crippen LogP contribution >= 0.6 is 11.8 Å². The van der Waals surface area contributed by atoms with E-state index < -0.39 is 0 Å². The van der Waals surface area contributed by atoms with Crippen molar-refractivity contribution in [2.24, 2.45) is 0 Å². The molecule has 2 fully saturated rings. The van der Waals surface area contributed by atoms with Gasteiger partial charge in [0.1, 0.15) is 6.07 Å². The zero-order valence-electron chi connectivity index (χ0n) is 19.6. The van der Waals surface area contributed by atoms with Crippen LogP contribution in [0.25, 0.3) is 6.08 Å². The van der Waals surface area contributed by atoms with Gasteiger partial charge in [-0.2, -0.15) is 5.26 Å². The van der Waals surface area contributed by atoms with Crippen molar-refractivity contribution in [3.8, 4) is 6.07 Å². The average Bonchev–Trinajstić information content (AvgIpc) is 3.18. The Morgan fingerprint density at radius 1 is 1.00 bits per heavy atom. The maximum absolute atomic E-state index is 12.9. The molecule has 3 aliphatic heterocycles. The molecular formula is C28H32N4OS. The van der Waals surface area contributed by atoms with Crippen LogP contribution in [0.5, 0.6) is 0 Å². The van der Waals surface area contributed by atoms with E-state index in [9.17, 15) is 10.1 Å². The van der Waals surface area contributed by atoms with Crippen LogP contribution in [0.15, 0.2) is 52.9 Å². The molecule has 0 spiro atoms. The van der Waals surface area contributed by atoms with Gasteiger partial charge in [-0.05, 0) is 74.7 Å². The maximum Gasteiger partial charge on any atom is 0.252 e. The van der Waals surface area contributed by atoms with E-state index in [1.807, 2.05) is 42.5 Å². The summed E-state index contributed by atoms with van der Waals surface area (Å²) in [7, 11) is 0. The monoisotopic (exact) mass is 472 g/mol. The van der Waals surface area contributed by atoms with E-state index >= 15 is 0 Å². The number of nitrogens with one attached hydrogen (secondary N) is 1. The Hall–Kier alpha value is -2.75. The van der Waals surface area contributed by atoms with Crippen molar-refractivity contribution in [3.63, 3.8) is 0 Å². The molecule has 2 saturated heterocycles. The number of hydrogen-bond acceptors (Lipinski definition) is 5. The Morgan fingerprint density at radius 3 is 2.53 bits per heavy atom. The van der Waals surface area contributed by atoms with Crippen molar-refractivity contribution in [2.75, 3.05) is 42.1 Å². The number of hydrogen-bond donors (Lipinski definition) is 1. The number of thioether (sulfide) groups is 1.